The minimum atomic E-state index is -0.493. The maximum Gasteiger partial charge on any atom is 0.250 e. The molecule has 1 aromatic heterocycles. The fourth-order valence-electron chi connectivity index (χ4n) is 1.11. The van der Waals surface area contributed by atoms with Crippen LogP contribution < -0.4 is 4.74 Å². The van der Waals surface area contributed by atoms with Crippen LogP contribution in [0.2, 0.25) is 0 Å². The Bertz CT molecular complexity index is 323. The van der Waals surface area contributed by atoms with Crippen LogP contribution in [0.25, 0.3) is 0 Å². The number of pyridine rings is 1. The van der Waals surface area contributed by atoms with Gasteiger partial charge in [-0.05, 0) is 12.5 Å². The largest absolute Gasteiger partial charge is 0.473 e. The first-order chi connectivity index (χ1) is 7.79. The van der Waals surface area contributed by atoms with E-state index in [1.165, 1.54) is 12.3 Å². The van der Waals surface area contributed by atoms with Gasteiger partial charge in [-0.2, -0.15) is 0 Å². The van der Waals surface area contributed by atoms with Gasteiger partial charge in [0.15, 0.2) is 5.82 Å². The minimum Gasteiger partial charge on any atom is -0.473 e. The Morgan fingerprint density at radius 2 is 2.19 bits per heavy atom. The highest BCUT2D eigenvalue weighted by atomic mass is 35.5. The zero-order valence-corrected chi connectivity index (χ0v) is 9.97. The van der Waals surface area contributed by atoms with E-state index in [0.717, 1.165) is 6.42 Å². The quantitative estimate of drug-likeness (QED) is 0.548. The van der Waals surface area contributed by atoms with Crippen molar-refractivity contribution in [2.24, 2.45) is 0 Å². The Morgan fingerprint density at radius 1 is 1.38 bits per heavy atom. The first-order valence-corrected chi connectivity index (χ1v) is 5.73. The molecule has 0 bridgehead atoms. The number of nitrogens with zero attached hydrogens (tertiary/aromatic N) is 1. The highest BCUT2D eigenvalue weighted by Gasteiger charge is 2.09. The average Bonchev–Trinajstić information content (AvgIpc) is 2.31. The van der Waals surface area contributed by atoms with Crippen LogP contribution in [0, 0.1) is 5.82 Å². The van der Waals surface area contributed by atoms with E-state index in [-0.39, 0.29) is 18.4 Å². The standard InChI is InChI=1S/C11H15ClFNO2/c1-2-5-15-6-7-16-11-10(13)9(8-12)3-4-14-11/h3-4H,2,5-8H2,1H3. The van der Waals surface area contributed by atoms with Crippen molar-refractivity contribution in [2.75, 3.05) is 19.8 Å². The van der Waals surface area contributed by atoms with Crippen LogP contribution in [0.1, 0.15) is 18.9 Å². The zero-order valence-electron chi connectivity index (χ0n) is 9.21. The minimum absolute atomic E-state index is 0.0155. The number of alkyl halides is 1. The van der Waals surface area contributed by atoms with Gasteiger partial charge in [0.25, 0.3) is 5.88 Å². The second-order valence-electron chi connectivity index (χ2n) is 3.18. The summed E-state index contributed by atoms with van der Waals surface area (Å²) in [5.41, 5.74) is 0.390. The highest BCUT2D eigenvalue weighted by molar-refractivity contribution is 6.17. The Balaban J connectivity index is 2.41. The van der Waals surface area contributed by atoms with Crippen LogP contribution >= 0.6 is 11.6 Å². The van der Waals surface area contributed by atoms with Crippen molar-refractivity contribution in [1.82, 2.24) is 4.98 Å². The summed E-state index contributed by atoms with van der Waals surface area (Å²) in [5, 5.41) is 0. The van der Waals surface area contributed by atoms with Crippen LogP contribution in [-0.4, -0.2) is 24.8 Å². The molecule has 0 aliphatic rings. The van der Waals surface area contributed by atoms with Crippen LogP contribution in [0.15, 0.2) is 12.3 Å². The summed E-state index contributed by atoms with van der Waals surface area (Å²) >= 11 is 5.56. The van der Waals surface area contributed by atoms with E-state index in [9.17, 15) is 4.39 Å². The molecule has 0 fully saturated rings. The predicted octanol–water partition coefficient (Wildman–Crippen LogP) is 2.76. The Kier molecular flexibility index (Phi) is 6.11. The molecule has 0 N–H and O–H groups in total. The molecule has 0 aliphatic heterocycles. The molecule has 0 unspecified atom stereocenters. The second-order valence-corrected chi connectivity index (χ2v) is 3.45. The summed E-state index contributed by atoms with van der Waals surface area (Å²) in [7, 11) is 0. The number of ether oxygens (including phenoxy) is 2. The lowest BCUT2D eigenvalue weighted by Crippen LogP contribution is -2.09. The third kappa shape index (κ3) is 3.94. The summed E-state index contributed by atoms with van der Waals surface area (Å²) in [6.45, 7) is 3.42. The van der Waals surface area contributed by atoms with Crippen LogP contribution in [0.3, 0.4) is 0 Å². The lowest BCUT2D eigenvalue weighted by atomic mass is 10.3. The van der Waals surface area contributed by atoms with Gasteiger partial charge in [0.2, 0.25) is 0 Å². The van der Waals surface area contributed by atoms with Crippen LogP contribution in [0.5, 0.6) is 5.88 Å². The molecule has 16 heavy (non-hydrogen) atoms. The molecule has 0 aliphatic carbocycles. The van der Waals surface area contributed by atoms with Gasteiger partial charge in [-0.25, -0.2) is 9.37 Å². The molecular weight excluding hydrogens is 233 g/mol. The van der Waals surface area contributed by atoms with Gasteiger partial charge in [-0.3, -0.25) is 0 Å². The van der Waals surface area contributed by atoms with Crippen molar-refractivity contribution in [3.8, 4) is 5.88 Å². The smallest absolute Gasteiger partial charge is 0.250 e. The lowest BCUT2D eigenvalue weighted by Gasteiger charge is -2.07. The summed E-state index contributed by atoms with van der Waals surface area (Å²) in [6.07, 6.45) is 2.43. The van der Waals surface area contributed by atoms with Crippen LogP contribution in [-0.2, 0) is 10.6 Å². The fourth-order valence-corrected chi connectivity index (χ4v) is 1.32. The van der Waals surface area contributed by atoms with E-state index >= 15 is 0 Å². The monoisotopic (exact) mass is 247 g/mol. The Hall–Kier alpha value is -0.870. The van der Waals surface area contributed by atoms with E-state index in [4.69, 9.17) is 21.1 Å². The van der Waals surface area contributed by atoms with E-state index < -0.39 is 5.82 Å². The van der Waals surface area contributed by atoms with Gasteiger partial charge in [0.05, 0.1) is 12.5 Å². The maximum absolute atomic E-state index is 13.5. The molecule has 3 nitrogen and oxygen atoms in total. The van der Waals surface area contributed by atoms with Crippen molar-refractivity contribution in [2.45, 2.75) is 19.2 Å². The van der Waals surface area contributed by atoms with Crippen molar-refractivity contribution in [3.63, 3.8) is 0 Å². The van der Waals surface area contributed by atoms with E-state index in [1.807, 2.05) is 6.92 Å². The molecule has 1 aromatic rings. The molecule has 5 heteroatoms. The molecule has 90 valence electrons. The molecule has 0 spiro atoms. The van der Waals surface area contributed by atoms with E-state index in [0.29, 0.717) is 18.8 Å². The summed E-state index contributed by atoms with van der Waals surface area (Å²) in [6, 6.07) is 1.53. The van der Waals surface area contributed by atoms with Crippen LogP contribution in [0.4, 0.5) is 4.39 Å². The summed E-state index contributed by atoms with van der Waals surface area (Å²) < 4.78 is 23.9. The van der Waals surface area contributed by atoms with Crippen molar-refractivity contribution in [1.29, 1.82) is 0 Å². The van der Waals surface area contributed by atoms with Gasteiger partial charge in [0.1, 0.15) is 6.61 Å². The number of aromatic nitrogens is 1. The van der Waals surface area contributed by atoms with E-state index in [1.54, 1.807) is 0 Å². The number of hydrogen-bond acceptors (Lipinski definition) is 3. The van der Waals surface area contributed by atoms with Crippen molar-refractivity contribution < 1.29 is 13.9 Å². The first-order valence-electron chi connectivity index (χ1n) is 5.19. The molecule has 0 aromatic carbocycles. The molecule has 1 rings (SSSR count). The SMILES string of the molecule is CCCOCCOc1nccc(CCl)c1F. The number of hydrogen-bond donors (Lipinski definition) is 0. The molecule has 0 radical (unpaired) electrons. The highest BCUT2D eigenvalue weighted by Crippen LogP contribution is 2.18. The van der Waals surface area contributed by atoms with Gasteiger partial charge < -0.3 is 9.47 Å². The fraction of sp³-hybridized carbons (Fsp3) is 0.545. The van der Waals surface area contributed by atoms with Gasteiger partial charge in [-0.15, -0.1) is 11.6 Å². The summed E-state index contributed by atoms with van der Waals surface area (Å²) in [5.74, 6) is -0.400. The molecule has 0 atom stereocenters. The molecule has 1 heterocycles. The topological polar surface area (TPSA) is 31.4 Å². The summed E-state index contributed by atoms with van der Waals surface area (Å²) in [4.78, 5) is 3.79. The lowest BCUT2D eigenvalue weighted by molar-refractivity contribution is 0.0973. The molecule has 0 amide bonds. The maximum atomic E-state index is 13.5. The molecular formula is C11H15ClFNO2. The third-order valence-corrected chi connectivity index (χ3v) is 2.18. The van der Waals surface area contributed by atoms with Crippen molar-refractivity contribution in [3.05, 3.63) is 23.6 Å². The van der Waals surface area contributed by atoms with E-state index in [2.05, 4.69) is 4.98 Å². The Morgan fingerprint density at radius 3 is 2.88 bits per heavy atom. The first kappa shape index (κ1) is 13.2. The Labute approximate surface area is 99.5 Å². The predicted molar refractivity (Wildman–Crippen MR) is 60.4 cm³/mol. The molecule has 0 saturated heterocycles. The molecule has 0 saturated carbocycles. The average molecular weight is 248 g/mol. The van der Waals surface area contributed by atoms with Gasteiger partial charge >= 0.3 is 0 Å². The zero-order chi connectivity index (χ0) is 11.8. The van der Waals surface area contributed by atoms with Crippen molar-refractivity contribution >= 4 is 11.6 Å². The van der Waals surface area contributed by atoms with Gasteiger partial charge in [-0.1, -0.05) is 6.92 Å². The third-order valence-electron chi connectivity index (χ3n) is 1.90. The number of rotatable bonds is 7. The normalized spacial score (nSPS) is 10.4. The number of halogens is 2. The second kappa shape index (κ2) is 7.41. The van der Waals surface area contributed by atoms with Gasteiger partial charge in [0, 0.05) is 18.4 Å².